The minimum atomic E-state index is -0.663. The highest BCUT2D eigenvalue weighted by Crippen LogP contribution is 2.49. The van der Waals surface area contributed by atoms with Gasteiger partial charge in [-0.25, -0.2) is 0 Å². The van der Waals surface area contributed by atoms with E-state index in [1.807, 2.05) is 12.1 Å². The third-order valence-electron chi connectivity index (χ3n) is 4.58. The summed E-state index contributed by atoms with van der Waals surface area (Å²) in [6, 6.07) is 12.0. The van der Waals surface area contributed by atoms with E-state index in [2.05, 4.69) is 0 Å². The quantitative estimate of drug-likeness (QED) is 0.544. The summed E-state index contributed by atoms with van der Waals surface area (Å²) in [6.07, 6.45) is 1.40. The third kappa shape index (κ3) is 3.53. The van der Waals surface area contributed by atoms with Crippen LogP contribution < -0.4 is 9.47 Å². The fraction of sp³-hybridized carbons (Fsp3) is 0.300. The van der Waals surface area contributed by atoms with E-state index in [1.54, 1.807) is 30.3 Å². The van der Waals surface area contributed by atoms with Crippen LogP contribution in [-0.4, -0.2) is 32.6 Å². The molecule has 136 valence electrons. The van der Waals surface area contributed by atoms with E-state index in [1.165, 1.54) is 14.2 Å². The van der Waals surface area contributed by atoms with Crippen molar-refractivity contribution in [3.8, 4) is 11.5 Å². The van der Waals surface area contributed by atoms with Crippen LogP contribution in [0.15, 0.2) is 42.5 Å². The van der Waals surface area contributed by atoms with Crippen molar-refractivity contribution >= 4 is 23.4 Å². The maximum atomic E-state index is 12.6. The lowest BCUT2D eigenvalue weighted by Gasteiger charge is -2.15. The van der Waals surface area contributed by atoms with Gasteiger partial charge in [-0.3, -0.25) is 9.59 Å². The second kappa shape index (κ2) is 7.38. The Labute approximate surface area is 156 Å². The minimum Gasteiger partial charge on any atom is -0.497 e. The maximum Gasteiger partial charge on any atom is 0.317 e. The van der Waals surface area contributed by atoms with Crippen molar-refractivity contribution in [1.82, 2.24) is 0 Å². The zero-order valence-corrected chi connectivity index (χ0v) is 15.3. The number of rotatable bonds is 7. The summed E-state index contributed by atoms with van der Waals surface area (Å²) in [5.41, 5.74) is 0.512. The van der Waals surface area contributed by atoms with Gasteiger partial charge in [-0.15, -0.1) is 0 Å². The third-order valence-corrected chi connectivity index (χ3v) is 4.83. The van der Waals surface area contributed by atoms with Crippen LogP contribution in [0.1, 0.15) is 28.8 Å². The summed E-state index contributed by atoms with van der Waals surface area (Å²) in [5, 5.41) is 0.609. The summed E-state index contributed by atoms with van der Waals surface area (Å²) in [7, 11) is 2.99. The fourth-order valence-electron chi connectivity index (χ4n) is 2.88. The maximum absolute atomic E-state index is 12.6. The van der Waals surface area contributed by atoms with Crippen LogP contribution in [0.5, 0.6) is 11.5 Å². The molecule has 1 saturated carbocycles. The molecule has 0 spiro atoms. The molecule has 1 fully saturated rings. The Morgan fingerprint density at radius 2 is 1.73 bits per heavy atom. The molecule has 26 heavy (non-hydrogen) atoms. The Morgan fingerprint density at radius 1 is 1.04 bits per heavy atom. The highest BCUT2D eigenvalue weighted by molar-refractivity contribution is 6.30. The molecule has 2 aromatic rings. The zero-order chi connectivity index (χ0) is 18.7. The first-order chi connectivity index (χ1) is 12.5. The topological polar surface area (TPSA) is 61.8 Å². The Kier molecular flexibility index (Phi) is 5.18. The Balaban J connectivity index is 1.70. The van der Waals surface area contributed by atoms with Gasteiger partial charge in [0.05, 0.1) is 25.2 Å². The molecule has 5 nitrogen and oxygen atoms in total. The molecule has 0 atom stereocenters. The van der Waals surface area contributed by atoms with Crippen LogP contribution in [-0.2, 0) is 14.9 Å². The number of Topliss-reactive ketones (excluding diaryl/α,β-unsaturated/α-hetero) is 1. The van der Waals surface area contributed by atoms with Crippen molar-refractivity contribution in [2.24, 2.45) is 0 Å². The molecule has 1 aliphatic rings. The standard InChI is InChI=1S/C20H19ClO5/c1-24-15-7-8-18(25-2)16(11-15)17(22)12-26-19(23)20(9-10-20)13-3-5-14(21)6-4-13/h3-8,11H,9-10,12H2,1-2H3. The van der Waals surface area contributed by atoms with Gasteiger partial charge in [-0.2, -0.15) is 0 Å². The second-order valence-electron chi connectivity index (χ2n) is 6.15. The van der Waals surface area contributed by atoms with Gasteiger partial charge in [0, 0.05) is 5.02 Å². The first kappa shape index (κ1) is 18.3. The lowest BCUT2D eigenvalue weighted by Crippen LogP contribution is -2.26. The predicted molar refractivity (Wildman–Crippen MR) is 97.2 cm³/mol. The average molecular weight is 375 g/mol. The predicted octanol–water partition coefficient (Wildman–Crippen LogP) is 3.81. The molecule has 0 saturated heterocycles. The van der Waals surface area contributed by atoms with Gasteiger partial charge >= 0.3 is 5.97 Å². The molecular weight excluding hydrogens is 356 g/mol. The van der Waals surface area contributed by atoms with Crippen LogP contribution in [0.3, 0.4) is 0 Å². The lowest BCUT2D eigenvalue weighted by molar-refractivity contribution is -0.145. The molecule has 0 heterocycles. The average Bonchev–Trinajstić information content (AvgIpc) is 3.47. The fourth-order valence-corrected chi connectivity index (χ4v) is 3.01. The van der Waals surface area contributed by atoms with Crippen molar-refractivity contribution in [3.05, 3.63) is 58.6 Å². The number of ether oxygens (including phenoxy) is 3. The number of halogens is 1. The first-order valence-corrected chi connectivity index (χ1v) is 8.56. The molecule has 0 radical (unpaired) electrons. The smallest absolute Gasteiger partial charge is 0.317 e. The largest absolute Gasteiger partial charge is 0.497 e. The van der Waals surface area contributed by atoms with Gasteiger partial charge < -0.3 is 14.2 Å². The zero-order valence-electron chi connectivity index (χ0n) is 14.6. The number of hydrogen-bond donors (Lipinski definition) is 0. The van der Waals surface area contributed by atoms with E-state index in [0.29, 0.717) is 34.9 Å². The molecule has 3 rings (SSSR count). The Hall–Kier alpha value is -2.53. The van der Waals surface area contributed by atoms with Crippen molar-refractivity contribution in [2.45, 2.75) is 18.3 Å². The van der Waals surface area contributed by atoms with Crippen molar-refractivity contribution in [1.29, 1.82) is 0 Å². The van der Waals surface area contributed by atoms with E-state index in [4.69, 9.17) is 25.8 Å². The van der Waals surface area contributed by atoms with Crippen molar-refractivity contribution in [2.75, 3.05) is 20.8 Å². The molecule has 2 aromatic carbocycles. The highest BCUT2D eigenvalue weighted by Gasteiger charge is 2.52. The van der Waals surface area contributed by atoms with Gasteiger partial charge in [-0.1, -0.05) is 23.7 Å². The normalized spacial score (nSPS) is 14.4. The number of hydrogen-bond acceptors (Lipinski definition) is 5. The summed E-state index contributed by atoms with van der Waals surface area (Å²) in [5.74, 6) is 0.196. The van der Waals surface area contributed by atoms with Gasteiger partial charge in [0.15, 0.2) is 6.61 Å². The SMILES string of the molecule is COc1ccc(OC)c(C(=O)COC(=O)C2(c3ccc(Cl)cc3)CC2)c1. The number of ketones is 1. The van der Waals surface area contributed by atoms with Gasteiger partial charge in [0.25, 0.3) is 0 Å². The number of carbonyl (C=O) groups is 2. The molecule has 0 bridgehead atoms. The number of carbonyl (C=O) groups excluding carboxylic acids is 2. The molecule has 0 aromatic heterocycles. The van der Waals surface area contributed by atoms with Crippen LogP contribution in [0.25, 0.3) is 0 Å². The first-order valence-electron chi connectivity index (χ1n) is 8.18. The Bertz CT molecular complexity index is 825. The molecule has 0 N–H and O–H groups in total. The molecular formula is C20H19ClO5. The molecule has 0 amide bonds. The second-order valence-corrected chi connectivity index (χ2v) is 6.59. The number of methoxy groups -OCH3 is 2. The van der Waals surface area contributed by atoms with Gasteiger partial charge in [-0.05, 0) is 48.7 Å². The van der Waals surface area contributed by atoms with Gasteiger partial charge in [0.1, 0.15) is 11.5 Å². The van der Waals surface area contributed by atoms with Gasteiger partial charge in [0.2, 0.25) is 5.78 Å². The molecule has 0 unspecified atom stereocenters. The van der Waals surface area contributed by atoms with Crippen molar-refractivity contribution < 1.29 is 23.8 Å². The lowest BCUT2D eigenvalue weighted by atomic mass is 9.96. The summed E-state index contributed by atoms with van der Waals surface area (Å²) >= 11 is 5.90. The van der Waals surface area contributed by atoms with E-state index in [9.17, 15) is 9.59 Å². The monoisotopic (exact) mass is 374 g/mol. The van der Waals surface area contributed by atoms with Crippen LogP contribution in [0, 0.1) is 0 Å². The Morgan fingerprint density at radius 3 is 2.31 bits per heavy atom. The van der Waals surface area contributed by atoms with Crippen molar-refractivity contribution in [3.63, 3.8) is 0 Å². The number of benzene rings is 2. The summed E-state index contributed by atoms with van der Waals surface area (Å²) < 4.78 is 15.7. The number of esters is 1. The minimum absolute atomic E-state index is 0.316. The molecule has 0 aliphatic heterocycles. The highest BCUT2D eigenvalue weighted by atomic mass is 35.5. The molecule has 1 aliphatic carbocycles. The van der Waals surface area contributed by atoms with Crippen LogP contribution in [0.4, 0.5) is 0 Å². The van der Waals surface area contributed by atoms with Crippen LogP contribution in [0.2, 0.25) is 5.02 Å². The summed E-state index contributed by atoms with van der Waals surface area (Å²) in [6.45, 7) is -0.350. The van der Waals surface area contributed by atoms with E-state index in [-0.39, 0.29) is 12.4 Å². The van der Waals surface area contributed by atoms with E-state index < -0.39 is 11.4 Å². The van der Waals surface area contributed by atoms with E-state index >= 15 is 0 Å². The molecule has 6 heteroatoms. The van der Waals surface area contributed by atoms with E-state index in [0.717, 1.165) is 5.56 Å². The summed E-state index contributed by atoms with van der Waals surface area (Å²) in [4.78, 5) is 25.1. The van der Waals surface area contributed by atoms with Crippen LogP contribution >= 0.6 is 11.6 Å².